The monoisotopic (exact) mass is 384 g/mol. The van der Waals surface area contributed by atoms with E-state index in [0.29, 0.717) is 17.7 Å². The van der Waals surface area contributed by atoms with E-state index in [2.05, 4.69) is 10.6 Å². The van der Waals surface area contributed by atoms with Gasteiger partial charge in [-0.3, -0.25) is 9.59 Å². The lowest BCUT2D eigenvalue weighted by Gasteiger charge is -2.31. The summed E-state index contributed by atoms with van der Waals surface area (Å²) in [7, 11) is 1.53. The van der Waals surface area contributed by atoms with E-state index in [1.807, 2.05) is 44.2 Å². The Labute approximate surface area is 165 Å². The molecule has 1 saturated carbocycles. The summed E-state index contributed by atoms with van der Waals surface area (Å²) in [5, 5.41) is 15.5. The van der Waals surface area contributed by atoms with E-state index in [0.717, 1.165) is 18.4 Å². The molecule has 1 heterocycles. The van der Waals surface area contributed by atoms with Crippen LogP contribution in [0.3, 0.4) is 0 Å². The predicted molar refractivity (Wildman–Crippen MR) is 106 cm³/mol. The number of amides is 2. The third-order valence-electron chi connectivity index (χ3n) is 5.61. The van der Waals surface area contributed by atoms with Crippen molar-refractivity contribution >= 4 is 11.8 Å². The summed E-state index contributed by atoms with van der Waals surface area (Å²) in [5.41, 5.74) is 1.39. The van der Waals surface area contributed by atoms with Gasteiger partial charge in [0.25, 0.3) is 11.8 Å². The Balaban J connectivity index is 1.87. The second-order valence-corrected chi connectivity index (χ2v) is 7.63. The number of aliphatic hydroxyl groups is 1. The van der Waals surface area contributed by atoms with Gasteiger partial charge in [-0.25, -0.2) is 0 Å². The van der Waals surface area contributed by atoms with Crippen LogP contribution < -0.4 is 10.6 Å². The maximum Gasteiger partial charge on any atom is 0.286 e. The molecule has 0 bridgehead atoms. The van der Waals surface area contributed by atoms with Crippen LogP contribution >= 0.6 is 0 Å². The zero-order chi connectivity index (χ0) is 20.3. The molecule has 1 aliphatic carbocycles. The number of nitrogens with one attached hydrogen (secondary N) is 2. The molecular formula is C22H28N2O4. The Morgan fingerprint density at radius 2 is 1.89 bits per heavy atom. The third-order valence-corrected chi connectivity index (χ3v) is 5.61. The van der Waals surface area contributed by atoms with Crippen molar-refractivity contribution in [3.63, 3.8) is 0 Å². The molecule has 150 valence electrons. The van der Waals surface area contributed by atoms with Crippen molar-refractivity contribution < 1.29 is 19.1 Å². The van der Waals surface area contributed by atoms with Crippen LogP contribution in [0.15, 0.2) is 40.8 Å². The normalized spacial score (nSPS) is 23.1. The quantitative estimate of drug-likeness (QED) is 0.739. The highest BCUT2D eigenvalue weighted by Gasteiger charge is 2.30. The highest BCUT2D eigenvalue weighted by Crippen LogP contribution is 2.30. The number of benzene rings is 1. The molecule has 0 radical (unpaired) electrons. The van der Waals surface area contributed by atoms with E-state index in [9.17, 15) is 14.7 Å². The number of carbonyl (C=O) groups is 2. The van der Waals surface area contributed by atoms with Crippen LogP contribution in [-0.2, 0) is 0 Å². The molecule has 4 atom stereocenters. The zero-order valence-corrected chi connectivity index (χ0v) is 16.6. The van der Waals surface area contributed by atoms with Crippen LogP contribution in [0.2, 0.25) is 0 Å². The van der Waals surface area contributed by atoms with Crippen molar-refractivity contribution in [1.82, 2.24) is 10.6 Å². The Hall–Kier alpha value is -2.60. The Morgan fingerprint density at radius 1 is 1.18 bits per heavy atom. The van der Waals surface area contributed by atoms with Crippen LogP contribution in [0.25, 0.3) is 0 Å². The maximum absolute atomic E-state index is 13.0. The Kier molecular flexibility index (Phi) is 6.19. The molecule has 1 aromatic heterocycles. The van der Waals surface area contributed by atoms with Gasteiger partial charge in [0.1, 0.15) is 5.76 Å². The van der Waals surface area contributed by atoms with Crippen LogP contribution in [0.4, 0.5) is 0 Å². The summed E-state index contributed by atoms with van der Waals surface area (Å²) in [6, 6.07) is 11.3. The van der Waals surface area contributed by atoms with Crippen molar-refractivity contribution in [2.45, 2.75) is 51.2 Å². The van der Waals surface area contributed by atoms with Gasteiger partial charge in [0, 0.05) is 25.1 Å². The number of hydrogen-bond acceptors (Lipinski definition) is 4. The molecule has 6 heteroatoms. The van der Waals surface area contributed by atoms with Crippen LogP contribution in [0, 0.1) is 5.92 Å². The number of hydrogen-bond donors (Lipinski definition) is 3. The van der Waals surface area contributed by atoms with Gasteiger partial charge in [0.05, 0.1) is 11.7 Å². The van der Waals surface area contributed by atoms with E-state index in [1.165, 1.54) is 13.1 Å². The molecule has 3 rings (SSSR count). The number of rotatable bonds is 5. The lowest BCUT2D eigenvalue weighted by atomic mass is 9.84. The summed E-state index contributed by atoms with van der Waals surface area (Å²) in [6.07, 6.45) is 1.84. The first-order valence-corrected chi connectivity index (χ1v) is 9.80. The first-order chi connectivity index (χ1) is 13.4. The summed E-state index contributed by atoms with van der Waals surface area (Å²) < 4.78 is 5.82. The highest BCUT2D eigenvalue weighted by molar-refractivity contribution is 5.99. The fraction of sp³-hybridized carbons (Fsp3) is 0.455. The van der Waals surface area contributed by atoms with Gasteiger partial charge in [0.15, 0.2) is 5.76 Å². The average Bonchev–Trinajstić information content (AvgIpc) is 3.16. The third kappa shape index (κ3) is 4.28. The minimum Gasteiger partial charge on any atom is -0.454 e. The van der Waals surface area contributed by atoms with Crippen molar-refractivity contribution in [1.29, 1.82) is 0 Å². The topological polar surface area (TPSA) is 91.6 Å². The van der Waals surface area contributed by atoms with Crippen molar-refractivity contribution in [3.8, 4) is 0 Å². The smallest absolute Gasteiger partial charge is 0.286 e. The van der Waals surface area contributed by atoms with E-state index in [4.69, 9.17) is 4.42 Å². The van der Waals surface area contributed by atoms with E-state index in [-0.39, 0.29) is 41.6 Å². The maximum atomic E-state index is 13.0. The van der Waals surface area contributed by atoms with Gasteiger partial charge in [-0.2, -0.15) is 0 Å². The van der Waals surface area contributed by atoms with E-state index >= 15 is 0 Å². The molecule has 1 unspecified atom stereocenters. The number of aliphatic hydroxyl groups excluding tert-OH is 1. The number of carbonyl (C=O) groups excluding carboxylic acids is 2. The van der Waals surface area contributed by atoms with Crippen LogP contribution in [0.1, 0.15) is 71.3 Å². The second-order valence-electron chi connectivity index (χ2n) is 7.63. The fourth-order valence-electron chi connectivity index (χ4n) is 3.81. The van der Waals surface area contributed by atoms with E-state index < -0.39 is 0 Å². The first kappa shape index (κ1) is 20.1. The standard InChI is InChI=1S/C22H28N2O4/c1-13-11-16(9-10-18(13)25)24-21(26)17-12-19(22(27)23-3)28-20(17)14(2)15-7-5-4-6-8-15/h4-8,12-14,16,18,25H,9-11H2,1-3H3,(H,23,27)(H,24,26)/t13-,14-,16?,18-/m1/s1. The molecule has 1 aliphatic rings. The summed E-state index contributed by atoms with van der Waals surface area (Å²) in [4.78, 5) is 25.1. The largest absolute Gasteiger partial charge is 0.454 e. The molecule has 28 heavy (non-hydrogen) atoms. The molecule has 1 aromatic carbocycles. The van der Waals surface area contributed by atoms with Crippen molar-refractivity contribution in [2.75, 3.05) is 7.05 Å². The molecule has 1 fully saturated rings. The van der Waals surface area contributed by atoms with Gasteiger partial charge >= 0.3 is 0 Å². The SMILES string of the molecule is CNC(=O)c1cc(C(=O)NC2CC[C@@H](O)[C@H](C)C2)c([C@H](C)c2ccccc2)o1. The van der Waals surface area contributed by atoms with Crippen molar-refractivity contribution in [2.24, 2.45) is 5.92 Å². The molecule has 6 nitrogen and oxygen atoms in total. The van der Waals surface area contributed by atoms with Crippen LogP contribution in [-0.4, -0.2) is 36.1 Å². The van der Waals surface area contributed by atoms with Gasteiger partial charge in [-0.1, -0.05) is 44.2 Å². The molecule has 3 N–H and O–H groups in total. The highest BCUT2D eigenvalue weighted by atomic mass is 16.4. The predicted octanol–water partition coefficient (Wildman–Crippen LogP) is 3.07. The second kappa shape index (κ2) is 8.61. The molecule has 0 aliphatic heterocycles. The molecule has 2 amide bonds. The molecule has 0 spiro atoms. The number of furan rings is 1. The lowest BCUT2D eigenvalue weighted by Crippen LogP contribution is -2.41. The van der Waals surface area contributed by atoms with Gasteiger partial charge in [0.2, 0.25) is 0 Å². The van der Waals surface area contributed by atoms with Gasteiger partial charge in [-0.15, -0.1) is 0 Å². The lowest BCUT2D eigenvalue weighted by molar-refractivity contribution is 0.0615. The zero-order valence-electron chi connectivity index (χ0n) is 16.6. The summed E-state index contributed by atoms with van der Waals surface area (Å²) >= 11 is 0. The fourth-order valence-corrected chi connectivity index (χ4v) is 3.81. The van der Waals surface area contributed by atoms with Crippen molar-refractivity contribution in [3.05, 3.63) is 59.0 Å². The Morgan fingerprint density at radius 3 is 2.54 bits per heavy atom. The Bertz CT molecular complexity index is 830. The minimum atomic E-state index is -0.366. The molecule has 2 aromatic rings. The molecular weight excluding hydrogens is 356 g/mol. The van der Waals surface area contributed by atoms with Crippen LogP contribution in [0.5, 0.6) is 0 Å². The first-order valence-electron chi connectivity index (χ1n) is 9.80. The van der Waals surface area contributed by atoms with Gasteiger partial charge in [-0.05, 0) is 30.7 Å². The summed E-state index contributed by atoms with van der Waals surface area (Å²) in [6.45, 7) is 3.95. The minimum absolute atomic E-state index is 0.00383. The summed E-state index contributed by atoms with van der Waals surface area (Å²) in [5.74, 6) is -0.0377. The average molecular weight is 384 g/mol. The van der Waals surface area contributed by atoms with E-state index in [1.54, 1.807) is 0 Å². The molecule has 0 saturated heterocycles. The van der Waals surface area contributed by atoms with Gasteiger partial charge < -0.3 is 20.2 Å².